The van der Waals surface area contributed by atoms with Gasteiger partial charge < -0.3 is 15.4 Å². The topological polar surface area (TPSA) is 67.4 Å². The van der Waals surface area contributed by atoms with Gasteiger partial charge in [0.15, 0.2) is 6.61 Å². The van der Waals surface area contributed by atoms with E-state index in [1.165, 1.54) is 5.56 Å². The van der Waals surface area contributed by atoms with Crippen LogP contribution in [0.25, 0.3) is 0 Å². The molecule has 5 nitrogen and oxygen atoms in total. The Labute approximate surface area is 183 Å². The Bertz CT molecular complexity index is 1010. The van der Waals surface area contributed by atoms with Gasteiger partial charge in [-0.15, -0.1) is 0 Å². The van der Waals surface area contributed by atoms with Crippen LogP contribution in [0.3, 0.4) is 0 Å². The number of hydrogen-bond donors (Lipinski definition) is 2. The van der Waals surface area contributed by atoms with Crippen molar-refractivity contribution in [3.8, 4) is 5.75 Å². The van der Waals surface area contributed by atoms with Gasteiger partial charge in [0.2, 0.25) is 0 Å². The van der Waals surface area contributed by atoms with E-state index in [1.807, 2.05) is 61.5 Å². The number of nitrogens with one attached hydrogen (secondary N) is 2. The molecular weight excluding hydrogens is 388 g/mol. The van der Waals surface area contributed by atoms with Gasteiger partial charge in [-0.1, -0.05) is 62.4 Å². The van der Waals surface area contributed by atoms with Crippen molar-refractivity contribution in [2.75, 3.05) is 11.9 Å². The second-order valence-corrected chi connectivity index (χ2v) is 7.75. The normalized spacial score (nSPS) is 11.6. The molecule has 0 spiro atoms. The molecule has 5 heteroatoms. The maximum absolute atomic E-state index is 12.6. The molecule has 3 rings (SSSR count). The summed E-state index contributed by atoms with van der Waals surface area (Å²) in [5, 5.41) is 5.75. The van der Waals surface area contributed by atoms with Crippen LogP contribution in [0.1, 0.15) is 54.2 Å². The smallest absolute Gasteiger partial charge is 0.262 e. The Kier molecular flexibility index (Phi) is 7.44. The van der Waals surface area contributed by atoms with Crippen LogP contribution in [-0.2, 0) is 4.79 Å². The summed E-state index contributed by atoms with van der Waals surface area (Å²) in [5.41, 5.74) is 3.27. The zero-order chi connectivity index (χ0) is 22.2. The monoisotopic (exact) mass is 416 g/mol. The Balaban J connectivity index is 1.54. The van der Waals surface area contributed by atoms with Gasteiger partial charge in [0.25, 0.3) is 11.8 Å². The highest BCUT2D eigenvalue weighted by atomic mass is 16.5. The van der Waals surface area contributed by atoms with Crippen LogP contribution in [0.5, 0.6) is 5.75 Å². The van der Waals surface area contributed by atoms with E-state index < -0.39 is 0 Å². The average molecular weight is 417 g/mol. The molecule has 160 valence electrons. The molecule has 0 aromatic heterocycles. The molecule has 0 heterocycles. The van der Waals surface area contributed by atoms with Gasteiger partial charge in [0.05, 0.1) is 6.04 Å². The number of rotatable bonds is 8. The van der Waals surface area contributed by atoms with Crippen molar-refractivity contribution in [2.24, 2.45) is 0 Å². The predicted molar refractivity (Wildman–Crippen MR) is 123 cm³/mol. The van der Waals surface area contributed by atoms with Crippen LogP contribution in [0.4, 0.5) is 5.69 Å². The summed E-state index contributed by atoms with van der Waals surface area (Å²) in [4.78, 5) is 24.9. The Morgan fingerprint density at radius 1 is 0.839 bits per heavy atom. The molecule has 0 aliphatic rings. The highest BCUT2D eigenvalue weighted by Crippen LogP contribution is 2.19. The first-order valence-corrected chi connectivity index (χ1v) is 10.4. The Morgan fingerprint density at radius 2 is 1.55 bits per heavy atom. The fourth-order valence-electron chi connectivity index (χ4n) is 3.14. The molecule has 2 N–H and O–H groups in total. The molecule has 1 atom stereocenters. The largest absolute Gasteiger partial charge is 0.484 e. The van der Waals surface area contributed by atoms with Gasteiger partial charge in [-0.2, -0.15) is 0 Å². The van der Waals surface area contributed by atoms with Gasteiger partial charge >= 0.3 is 0 Å². The second-order valence-electron chi connectivity index (χ2n) is 7.75. The minimum Gasteiger partial charge on any atom is -0.484 e. The van der Waals surface area contributed by atoms with Gasteiger partial charge in [-0.05, 0) is 54.3 Å². The van der Waals surface area contributed by atoms with Crippen molar-refractivity contribution < 1.29 is 14.3 Å². The molecule has 0 radical (unpaired) electrons. The lowest BCUT2D eigenvalue weighted by Crippen LogP contribution is -2.27. The molecule has 31 heavy (non-hydrogen) atoms. The van der Waals surface area contributed by atoms with Crippen LogP contribution in [0.15, 0.2) is 78.9 Å². The van der Waals surface area contributed by atoms with E-state index in [0.717, 1.165) is 5.56 Å². The standard InChI is InChI=1S/C26H28N2O3/c1-18(2)20-12-14-24(15-13-20)31-17-25(29)28-23-11-7-10-22(16-23)26(30)27-19(3)21-8-5-4-6-9-21/h4-16,18-19H,17H2,1-3H3,(H,27,30)(H,28,29). The summed E-state index contributed by atoms with van der Waals surface area (Å²) in [7, 11) is 0. The van der Waals surface area contributed by atoms with Crippen molar-refractivity contribution in [1.29, 1.82) is 0 Å². The minimum atomic E-state index is -0.289. The molecule has 3 aromatic carbocycles. The van der Waals surface area contributed by atoms with Gasteiger partial charge in [-0.3, -0.25) is 9.59 Å². The van der Waals surface area contributed by atoms with E-state index in [4.69, 9.17) is 4.74 Å². The first-order chi connectivity index (χ1) is 14.9. The highest BCUT2D eigenvalue weighted by Gasteiger charge is 2.12. The first kappa shape index (κ1) is 22.1. The number of carbonyl (C=O) groups is 2. The lowest BCUT2D eigenvalue weighted by molar-refractivity contribution is -0.118. The summed E-state index contributed by atoms with van der Waals surface area (Å²) in [6.07, 6.45) is 0. The van der Waals surface area contributed by atoms with Crippen LogP contribution in [0.2, 0.25) is 0 Å². The molecule has 0 aliphatic carbocycles. The SMILES string of the molecule is CC(C)c1ccc(OCC(=O)Nc2cccc(C(=O)NC(C)c3ccccc3)c2)cc1. The fraction of sp³-hybridized carbons (Fsp3) is 0.231. The summed E-state index contributed by atoms with van der Waals surface area (Å²) in [6.45, 7) is 6.08. The number of anilines is 1. The Morgan fingerprint density at radius 3 is 2.23 bits per heavy atom. The molecule has 0 bridgehead atoms. The summed E-state index contributed by atoms with van der Waals surface area (Å²) in [6, 6.07) is 24.2. The maximum Gasteiger partial charge on any atom is 0.262 e. The first-order valence-electron chi connectivity index (χ1n) is 10.4. The van der Waals surface area contributed by atoms with E-state index in [9.17, 15) is 9.59 Å². The fourth-order valence-corrected chi connectivity index (χ4v) is 3.14. The van der Waals surface area contributed by atoms with Crippen molar-refractivity contribution in [3.05, 3.63) is 95.6 Å². The van der Waals surface area contributed by atoms with Crippen LogP contribution in [-0.4, -0.2) is 18.4 Å². The van der Waals surface area contributed by atoms with Crippen LogP contribution in [0, 0.1) is 0 Å². The summed E-state index contributed by atoms with van der Waals surface area (Å²) < 4.78 is 5.56. The number of hydrogen-bond acceptors (Lipinski definition) is 3. The molecular formula is C26H28N2O3. The molecule has 2 amide bonds. The summed E-state index contributed by atoms with van der Waals surface area (Å²) in [5.74, 6) is 0.595. The lowest BCUT2D eigenvalue weighted by Gasteiger charge is -2.15. The minimum absolute atomic E-state index is 0.109. The number of ether oxygens (including phenoxy) is 1. The molecule has 0 saturated heterocycles. The third-order valence-corrected chi connectivity index (χ3v) is 4.97. The predicted octanol–water partition coefficient (Wildman–Crippen LogP) is 5.32. The summed E-state index contributed by atoms with van der Waals surface area (Å²) >= 11 is 0. The van der Waals surface area contributed by atoms with Gasteiger partial charge in [0.1, 0.15) is 5.75 Å². The van der Waals surface area contributed by atoms with Crippen LogP contribution < -0.4 is 15.4 Å². The van der Waals surface area contributed by atoms with Crippen molar-refractivity contribution in [2.45, 2.75) is 32.7 Å². The maximum atomic E-state index is 12.6. The second kappa shape index (κ2) is 10.4. The highest BCUT2D eigenvalue weighted by molar-refractivity contribution is 5.97. The quantitative estimate of drug-likeness (QED) is 0.522. The molecule has 0 saturated carbocycles. The van der Waals surface area contributed by atoms with Crippen molar-refractivity contribution in [3.63, 3.8) is 0 Å². The lowest BCUT2D eigenvalue weighted by atomic mass is 10.0. The molecule has 3 aromatic rings. The zero-order valence-electron chi connectivity index (χ0n) is 18.1. The number of benzene rings is 3. The molecule has 1 unspecified atom stereocenters. The van der Waals surface area contributed by atoms with Gasteiger partial charge in [-0.25, -0.2) is 0 Å². The average Bonchev–Trinajstić information content (AvgIpc) is 2.78. The third kappa shape index (κ3) is 6.44. The number of carbonyl (C=O) groups excluding carboxylic acids is 2. The van der Waals surface area contributed by atoms with Crippen molar-refractivity contribution >= 4 is 17.5 Å². The molecule has 0 fully saturated rings. The van der Waals surface area contributed by atoms with E-state index >= 15 is 0 Å². The van der Waals surface area contributed by atoms with Crippen molar-refractivity contribution in [1.82, 2.24) is 5.32 Å². The number of amides is 2. The molecule has 0 aliphatic heterocycles. The van der Waals surface area contributed by atoms with Crippen LogP contribution >= 0.6 is 0 Å². The third-order valence-electron chi connectivity index (χ3n) is 4.97. The van der Waals surface area contributed by atoms with E-state index in [0.29, 0.717) is 22.9 Å². The Hall–Kier alpha value is -3.60. The zero-order valence-corrected chi connectivity index (χ0v) is 18.1. The van der Waals surface area contributed by atoms with E-state index in [-0.39, 0.29) is 24.5 Å². The van der Waals surface area contributed by atoms with E-state index in [2.05, 4.69) is 24.5 Å². The van der Waals surface area contributed by atoms with Gasteiger partial charge in [0, 0.05) is 11.3 Å². The van der Waals surface area contributed by atoms with E-state index in [1.54, 1.807) is 24.3 Å².